The van der Waals surface area contributed by atoms with Crippen LogP contribution in [0.1, 0.15) is 18.1 Å². The van der Waals surface area contributed by atoms with Crippen LogP contribution in [0.4, 0.5) is 10.1 Å². The van der Waals surface area contributed by atoms with Crippen molar-refractivity contribution < 1.29 is 9.18 Å². The van der Waals surface area contributed by atoms with Crippen molar-refractivity contribution in [2.45, 2.75) is 25.8 Å². The fourth-order valence-corrected chi connectivity index (χ4v) is 2.16. The minimum absolute atomic E-state index is 0.300. The van der Waals surface area contributed by atoms with Gasteiger partial charge in [-0.25, -0.2) is 4.39 Å². The second-order valence-corrected chi connectivity index (χ2v) is 5.49. The number of carbonyl (C=O) groups is 1. The number of benzene rings is 2. The fourth-order valence-electron chi connectivity index (χ4n) is 2.16. The summed E-state index contributed by atoms with van der Waals surface area (Å²) < 4.78 is 13.0. The number of nitrogens with one attached hydrogen (secondary N) is 1. The van der Waals surface area contributed by atoms with Crippen LogP contribution in [0, 0.1) is 12.7 Å². The van der Waals surface area contributed by atoms with Crippen molar-refractivity contribution in [2.24, 2.45) is 5.73 Å². The molecule has 0 aliphatic rings. The van der Waals surface area contributed by atoms with Crippen LogP contribution in [0.25, 0.3) is 0 Å². The highest BCUT2D eigenvalue weighted by atomic mass is 19.1. The number of amides is 1. The van der Waals surface area contributed by atoms with Gasteiger partial charge < -0.3 is 11.1 Å². The minimum Gasteiger partial charge on any atom is -0.371 e. The number of rotatable bonds is 5. The number of nitrogens with two attached hydrogens (primary N) is 1. The monoisotopic (exact) mass is 286 g/mol. The molecule has 2 aromatic rings. The highest BCUT2D eigenvalue weighted by molar-refractivity contribution is 5.87. The van der Waals surface area contributed by atoms with E-state index in [1.165, 1.54) is 12.1 Å². The summed E-state index contributed by atoms with van der Waals surface area (Å²) in [6.45, 7) is 3.74. The zero-order valence-electron chi connectivity index (χ0n) is 12.2. The van der Waals surface area contributed by atoms with Crippen LogP contribution < -0.4 is 11.1 Å². The van der Waals surface area contributed by atoms with Crippen LogP contribution in [0.15, 0.2) is 48.5 Å². The lowest BCUT2D eigenvalue weighted by Crippen LogP contribution is -2.49. The minimum atomic E-state index is -0.937. The van der Waals surface area contributed by atoms with Crippen LogP contribution in [-0.4, -0.2) is 11.4 Å². The SMILES string of the molecule is Cc1ccc(NC(C)(Cc2ccc(F)cc2)C(N)=O)cc1. The van der Waals surface area contributed by atoms with E-state index in [1.807, 2.05) is 31.2 Å². The Morgan fingerprint density at radius 1 is 1.14 bits per heavy atom. The Kier molecular flexibility index (Phi) is 4.26. The summed E-state index contributed by atoms with van der Waals surface area (Å²) in [4.78, 5) is 11.8. The van der Waals surface area contributed by atoms with Crippen molar-refractivity contribution >= 4 is 11.6 Å². The van der Waals surface area contributed by atoms with Crippen molar-refractivity contribution in [3.8, 4) is 0 Å². The molecule has 1 amide bonds. The third kappa shape index (κ3) is 3.81. The van der Waals surface area contributed by atoms with Gasteiger partial charge in [0.1, 0.15) is 11.4 Å². The number of hydrogen-bond donors (Lipinski definition) is 2. The standard InChI is InChI=1S/C17H19FN2O/c1-12-3-9-15(10-4-12)20-17(2,16(19)21)11-13-5-7-14(18)8-6-13/h3-10,20H,11H2,1-2H3,(H2,19,21). The van der Waals surface area contributed by atoms with Gasteiger partial charge in [0.15, 0.2) is 0 Å². The zero-order valence-corrected chi connectivity index (χ0v) is 12.2. The molecular weight excluding hydrogens is 267 g/mol. The first-order chi connectivity index (χ1) is 9.89. The Morgan fingerprint density at radius 2 is 1.71 bits per heavy atom. The van der Waals surface area contributed by atoms with Crippen LogP contribution >= 0.6 is 0 Å². The third-order valence-electron chi connectivity index (χ3n) is 3.49. The van der Waals surface area contributed by atoms with Gasteiger partial charge in [-0.3, -0.25) is 4.79 Å². The van der Waals surface area contributed by atoms with Gasteiger partial charge in [-0.2, -0.15) is 0 Å². The summed E-state index contributed by atoms with van der Waals surface area (Å²) in [7, 11) is 0. The Labute approximate surface area is 124 Å². The van der Waals surface area contributed by atoms with Gasteiger partial charge in [-0.1, -0.05) is 29.8 Å². The smallest absolute Gasteiger partial charge is 0.243 e. The maximum absolute atomic E-state index is 13.0. The van der Waals surface area contributed by atoms with E-state index in [-0.39, 0.29) is 5.82 Å². The normalized spacial score (nSPS) is 13.5. The number of carbonyl (C=O) groups excluding carboxylic acids is 1. The van der Waals surface area contributed by atoms with E-state index >= 15 is 0 Å². The molecule has 1 atom stereocenters. The lowest BCUT2D eigenvalue weighted by molar-refractivity contribution is -0.121. The maximum atomic E-state index is 13.0. The largest absolute Gasteiger partial charge is 0.371 e. The summed E-state index contributed by atoms with van der Waals surface area (Å²) in [6.07, 6.45) is 0.385. The van der Waals surface area contributed by atoms with Gasteiger partial charge in [0.05, 0.1) is 0 Å². The van der Waals surface area contributed by atoms with Gasteiger partial charge in [0, 0.05) is 12.1 Å². The molecule has 1 unspecified atom stereocenters. The van der Waals surface area contributed by atoms with Gasteiger partial charge in [0.25, 0.3) is 0 Å². The summed E-state index contributed by atoms with van der Waals surface area (Å²) in [5, 5.41) is 3.18. The Balaban J connectivity index is 2.21. The van der Waals surface area contributed by atoms with E-state index in [2.05, 4.69) is 5.32 Å². The molecule has 0 aliphatic carbocycles. The fraction of sp³-hybridized carbons (Fsp3) is 0.235. The van der Waals surface area contributed by atoms with Gasteiger partial charge >= 0.3 is 0 Å². The Bertz CT molecular complexity index is 573. The summed E-state index contributed by atoms with van der Waals surface area (Å²) >= 11 is 0. The second-order valence-electron chi connectivity index (χ2n) is 5.49. The summed E-state index contributed by atoms with van der Waals surface area (Å²) in [5.41, 5.74) is 7.42. The van der Waals surface area contributed by atoms with E-state index in [1.54, 1.807) is 19.1 Å². The molecule has 0 heterocycles. The average molecular weight is 286 g/mol. The topological polar surface area (TPSA) is 55.1 Å². The van der Waals surface area contributed by atoms with Crippen molar-refractivity contribution in [3.63, 3.8) is 0 Å². The molecular formula is C17H19FN2O. The molecule has 2 rings (SSSR count). The third-order valence-corrected chi connectivity index (χ3v) is 3.49. The first-order valence-electron chi connectivity index (χ1n) is 6.78. The summed E-state index contributed by atoms with van der Waals surface area (Å²) in [6, 6.07) is 13.8. The molecule has 110 valence electrons. The quantitative estimate of drug-likeness (QED) is 0.887. The molecule has 0 fully saturated rings. The molecule has 0 bridgehead atoms. The van der Waals surface area contributed by atoms with Crippen molar-refractivity contribution in [2.75, 3.05) is 5.32 Å². The van der Waals surface area contributed by atoms with E-state index < -0.39 is 11.4 Å². The van der Waals surface area contributed by atoms with E-state index in [0.717, 1.165) is 16.8 Å². The molecule has 0 saturated heterocycles. The van der Waals surface area contributed by atoms with Crippen LogP contribution in [-0.2, 0) is 11.2 Å². The molecule has 3 nitrogen and oxygen atoms in total. The first kappa shape index (κ1) is 15.0. The predicted molar refractivity (Wildman–Crippen MR) is 82.5 cm³/mol. The Morgan fingerprint density at radius 3 is 2.24 bits per heavy atom. The number of primary amides is 1. The van der Waals surface area contributed by atoms with E-state index in [0.29, 0.717) is 6.42 Å². The lowest BCUT2D eigenvalue weighted by Gasteiger charge is -2.29. The molecule has 2 aromatic carbocycles. The molecule has 0 saturated carbocycles. The average Bonchev–Trinajstić information content (AvgIpc) is 2.44. The molecule has 3 N–H and O–H groups in total. The molecule has 0 aliphatic heterocycles. The van der Waals surface area contributed by atoms with Crippen LogP contribution in [0.3, 0.4) is 0 Å². The summed E-state index contributed by atoms with van der Waals surface area (Å²) in [5.74, 6) is -0.751. The van der Waals surface area contributed by atoms with Gasteiger partial charge in [0.2, 0.25) is 5.91 Å². The molecule has 4 heteroatoms. The van der Waals surface area contributed by atoms with Crippen molar-refractivity contribution in [1.82, 2.24) is 0 Å². The second kappa shape index (κ2) is 5.95. The first-order valence-corrected chi connectivity index (χ1v) is 6.78. The number of halogens is 1. The highest BCUT2D eigenvalue weighted by Gasteiger charge is 2.31. The Hall–Kier alpha value is -2.36. The number of anilines is 1. The molecule has 21 heavy (non-hydrogen) atoms. The molecule has 0 aromatic heterocycles. The van der Waals surface area contributed by atoms with Crippen molar-refractivity contribution in [3.05, 3.63) is 65.5 Å². The highest BCUT2D eigenvalue weighted by Crippen LogP contribution is 2.20. The van der Waals surface area contributed by atoms with E-state index in [4.69, 9.17) is 5.73 Å². The number of aryl methyl sites for hydroxylation is 1. The predicted octanol–water partition coefficient (Wildman–Crippen LogP) is 3.03. The van der Waals surface area contributed by atoms with Crippen LogP contribution in [0.2, 0.25) is 0 Å². The van der Waals surface area contributed by atoms with Crippen molar-refractivity contribution in [1.29, 1.82) is 0 Å². The zero-order chi connectivity index (χ0) is 15.5. The van der Waals surface area contributed by atoms with Gasteiger partial charge in [-0.15, -0.1) is 0 Å². The van der Waals surface area contributed by atoms with Crippen LogP contribution in [0.5, 0.6) is 0 Å². The van der Waals surface area contributed by atoms with E-state index in [9.17, 15) is 9.18 Å². The molecule has 0 radical (unpaired) electrons. The van der Waals surface area contributed by atoms with Gasteiger partial charge in [-0.05, 0) is 43.7 Å². The maximum Gasteiger partial charge on any atom is 0.243 e. The molecule has 0 spiro atoms. The number of hydrogen-bond acceptors (Lipinski definition) is 2. The lowest BCUT2D eigenvalue weighted by atomic mass is 9.91.